The van der Waals surface area contributed by atoms with Gasteiger partial charge in [-0.05, 0) is 24.4 Å². The van der Waals surface area contributed by atoms with Crippen molar-refractivity contribution in [2.45, 2.75) is 19.8 Å². The van der Waals surface area contributed by atoms with Crippen LogP contribution in [0.25, 0.3) is 0 Å². The Hall–Kier alpha value is -1.36. The number of anilines is 1. The van der Waals surface area contributed by atoms with Gasteiger partial charge in [0, 0.05) is 6.54 Å². The van der Waals surface area contributed by atoms with E-state index in [0.717, 1.165) is 19.4 Å². The van der Waals surface area contributed by atoms with E-state index in [9.17, 15) is 0 Å². The molecule has 0 atom stereocenters. The van der Waals surface area contributed by atoms with Crippen LogP contribution in [0.15, 0.2) is 12.7 Å². The monoisotopic (exact) mass is 242 g/mol. The van der Waals surface area contributed by atoms with E-state index in [4.69, 9.17) is 16.3 Å². The standard InChI is InChI=1S/C10H15ClN4O/c1-3-5-7-16-10-14-8(11)13-9(15-10)12-6-4-2/h3H,1,4-7H2,2H3,(H,12,13,14,15). The van der Waals surface area contributed by atoms with Crippen molar-refractivity contribution in [3.63, 3.8) is 0 Å². The van der Waals surface area contributed by atoms with Gasteiger partial charge in [-0.3, -0.25) is 0 Å². The van der Waals surface area contributed by atoms with Crippen LogP contribution in [-0.4, -0.2) is 28.1 Å². The Kier molecular flexibility index (Phi) is 5.56. The highest BCUT2D eigenvalue weighted by molar-refractivity contribution is 6.28. The topological polar surface area (TPSA) is 59.9 Å². The fourth-order valence-corrected chi connectivity index (χ4v) is 1.10. The number of ether oxygens (including phenoxy) is 1. The summed E-state index contributed by atoms with van der Waals surface area (Å²) in [6, 6.07) is 0.237. The molecule has 0 aliphatic rings. The Balaban J connectivity index is 2.61. The second-order valence-corrected chi connectivity index (χ2v) is 3.40. The van der Waals surface area contributed by atoms with Gasteiger partial charge in [-0.15, -0.1) is 6.58 Å². The minimum Gasteiger partial charge on any atom is -0.463 e. The highest BCUT2D eigenvalue weighted by Gasteiger charge is 2.04. The van der Waals surface area contributed by atoms with Crippen molar-refractivity contribution >= 4 is 17.5 Å². The first kappa shape index (κ1) is 12.7. The van der Waals surface area contributed by atoms with Crippen LogP contribution in [0.4, 0.5) is 5.95 Å². The van der Waals surface area contributed by atoms with Crippen LogP contribution in [0, 0.1) is 0 Å². The van der Waals surface area contributed by atoms with Crippen molar-refractivity contribution < 1.29 is 4.74 Å². The molecular weight excluding hydrogens is 228 g/mol. The fraction of sp³-hybridized carbons (Fsp3) is 0.500. The molecule has 0 unspecified atom stereocenters. The van der Waals surface area contributed by atoms with Gasteiger partial charge in [0.05, 0.1) is 6.61 Å². The summed E-state index contributed by atoms with van der Waals surface area (Å²) in [6.45, 7) is 6.92. The third kappa shape index (κ3) is 4.44. The predicted molar refractivity (Wildman–Crippen MR) is 63.9 cm³/mol. The minimum atomic E-state index is 0.127. The quantitative estimate of drug-likeness (QED) is 0.587. The maximum Gasteiger partial charge on any atom is 0.322 e. The molecular formula is C10H15ClN4O. The van der Waals surface area contributed by atoms with Crippen LogP contribution >= 0.6 is 11.6 Å². The summed E-state index contributed by atoms with van der Waals surface area (Å²) in [6.07, 6.45) is 3.48. The van der Waals surface area contributed by atoms with E-state index in [1.54, 1.807) is 6.08 Å². The molecule has 1 aromatic heterocycles. The first-order valence-electron chi connectivity index (χ1n) is 5.15. The molecule has 16 heavy (non-hydrogen) atoms. The molecule has 0 aliphatic carbocycles. The van der Waals surface area contributed by atoms with E-state index in [-0.39, 0.29) is 11.3 Å². The van der Waals surface area contributed by atoms with Crippen LogP contribution in [-0.2, 0) is 0 Å². The molecule has 5 nitrogen and oxygen atoms in total. The van der Waals surface area contributed by atoms with E-state index >= 15 is 0 Å². The second-order valence-electron chi connectivity index (χ2n) is 3.06. The third-order valence-corrected chi connectivity index (χ3v) is 1.84. The molecule has 0 aromatic carbocycles. The number of nitrogens with one attached hydrogen (secondary N) is 1. The zero-order chi connectivity index (χ0) is 11.8. The molecule has 0 spiro atoms. The molecule has 0 saturated heterocycles. The summed E-state index contributed by atoms with van der Waals surface area (Å²) < 4.78 is 5.29. The zero-order valence-corrected chi connectivity index (χ0v) is 10.00. The van der Waals surface area contributed by atoms with Crippen molar-refractivity contribution in [3.05, 3.63) is 17.9 Å². The van der Waals surface area contributed by atoms with Crippen LogP contribution in [0.3, 0.4) is 0 Å². The predicted octanol–water partition coefficient (Wildman–Crippen LogP) is 2.30. The molecule has 1 aromatic rings. The van der Waals surface area contributed by atoms with Gasteiger partial charge < -0.3 is 10.1 Å². The summed E-state index contributed by atoms with van der Waals surface area (Å²) in [5, 5.41) is 3.15. The van der Waals surface area contributed by atoms with E-state index in [2.05, 4.69) is 33.8 Å². The van der Waals surface area contributed by atoms with Gasteiger partial charge in [-0.25, -0.2) is 0 Å². The number of aromatic nitrogens is 3. The van der Waals surface area contributed by atoms with Crippen LogP contribution in [0.5, 0.6) is 6.01 Å². The van der Waals surface area contributed by atoms with Crippen molar-refractivity contribution in [1.82, 2.24) is 15.0 Å². The van der Waals surface area contributed by atoms with Gasteiger partial charge in [-0.1, -0.05) is 13.0 Å². The summed E-state index contributed by atoms with van der Waals surface area (Å²) in [5.41, 5.74) is 0. The molecule has 0 saturated carbocycles. The maximum absolute atomic E-state index is 5.74. The lowest BCUT2D eigenvalue weighted by atomic mass is 10.5. The van der Waals surface area contributed by atoms with Gasteiger partial charge in [0.1, 0.15) is 0 Å². The largest absolute Gasteiger partial charge is 0.463 e. The van der Waals surface area contributed by atoms with E-state index in [1.165, 1.54) is 0 Å². The second kappa shape index (κ2) is 7.00. The van der Waals surface area contributed by atoms with E-state index < -0.39 is 0 Å². The molecule has 0 fully saturated rings. The summed E-state index contributed by atoms with van der Waals surface area (Å²) >= 11 is 5.74. The van der Waals surface area contributed by atoms with Crippen molar-refractivity contribution in [1.29, 1.82) is 0 Å². The van der Waals surface area contributed by atoms with Gasteiger partial charge >= 0.3 is 6.01 Å². The normalized spacial score (nSPS) is 9.88. The Morgan fingerprint density at radius 3 is 2.94 bits per heavy atom. The first-order chi connectivity index (χ1) is 7.76. The van der Waals surface area contributed by atoms with Gasteiger partial charge in [0.25, 0.3) is 0 Å². The maximum atomic E-state index is 5.74. The lowest BCUT2D eigenvalue weighted by Gasteiger charge is -2.06. The molecule has 0 bridgehead atoms. The third-order valence-electron chi connectivity index (χ3n) is 1.67. The average molecular weight is 243 g/mol. The number of nitrogens with zero attached hydrogens (tertiary/aromatic N) is 3. The van der Waals surface area contributed by atoms with Crippen LogP contribution < -0.4 is 10.1 Å². The molecule has 88 valence electrons. The van der Waals surface area contributed by atoms with E-state index in [1.807, 2.05) is 0 Å². The van der Waals surface area contributed by atoms with Crippen molar-refractivity contribution in [2.75, 3.05) is 18.5 Å². The van der Waals surface area contributed by atoms with Crippen molar-refractivity contribution in [3.8, 4) is 6.01 Å². The van der Waals surface area contributed by atoms with Crippen LogP contribution in [0.2, 0.25) is 5.28 Å². The summed E-state index contributed by atoms with van der Waals surface area (Å²) in [7, 11) is 0. The highest BCUT2D eigenvalue weighted by Crippen LogP contribution is 2.11. The molecule has 1 rings (SSSR count). The molecule has 6 heteroatoms. The summed E-state index contributed by atoms with van der Waals surface area (Å²) in [5.74, 6) is 0.440. The van der Waals surface area contributed by atoms with E-state index in [0.29, 0.717) is 12.6 Å². The van der Waals surface area contributed by atoms with Crippen molar-refractivity contribution in [2.24, 2.45) is 0 Å². The Bertz CT molecular complexity index is 346. The highest BCUT2D eigenvalue weighted by atomic mass is 35.5. The molecule has 1 heterocycles. The zero-order valence-electron chi connectivity index (χ0n) is 9.24. The van der Waals surface area contributed by atoms with Crippen LogP contribution in [0.1, 0.15) is 19.8 Å². The lowest BCUT2D eigenvalue weighted by Crippen LogP contribution is -2.08. The smallest absolute Gasteiger partial charge is 0.322 e. The molecule has 0 radical (unpaired) electrons. The fourth-order valence-electron chi connectivity index (χ4n) is 0.946. The SMILES string of the molecule is C=CCCOc1nc(Cl)nc(NCCC)n1. The Morgan fingerprint density at radius 2 is 2.25 bits per heavy atom. The average Bonchev–Trinajstić information content (AvgIpc) is 2.26. The summed E-state index contributed by atoms with van der Waals surface area (Å²) in [4.78, 5) is 11.9. The van der Waals surface area contributed by atoms with Gasteiger partial charge in [0.2, 0.25) is 11.2 Å². The molecule has 0 amide bonds. The Labute approximate surface area is 99.9 Å². The molecule has 0 aliphatic heterocycles. The van der Waals surface area contributed by atoms with Gasteiger partial charge in [-0.2, -0.15) is 15.0 Å². The number of halogens is 1. The lowest BCUT2D eigenvalue weighted by molar-refractivity contribution is 0.298. The first-order valence-corrected chi connectivity index (χ1v) is 5.53. The minimum absolute atomic E-state index is 0.127. The Morgan fingerprint density at radius 1 is 1.44 bits per heavy atom. The molecule has 1 N–H and O–H groups in total. The number of rotatable bonds is 7. The number of hydrogen-bond acceptors (Lipinski definition) is 5. The number of hydrogen-bond donors (Lipinski definition) is 1. The van der Waals surface area contributed by atoms with Gasteiger partial charge in [0.15, 0.2) is 0 Å².